The molecule has 174 valence electrons. The zero-order valence-corrected chi connectivity index (χ0v) is 17.2. The highest BCUT2D eigenvalue weighted by atomic mass is 19.4. The Morgan fingerprint density at radius 1 is 0.879 bits per heavy atom. The van der Waals surface area contributed by atoms with E-state index in [9.17, 15) is 31.1 Å². The van der Waals surface area contributed by atoms with Gasteiger partial charge in [-0.15, -0.1) is 13.2 Å². The van der Waals surface area contributed by atoms with Gasteiger partial charge in [-0.05, 0) is 67.4 Å². The Morgan fingerprint density at radius 3 is 2.18 bits per heavy atom. The molecule has 1 amide bonds. The van der Waals surface area contributed by atoms with Gasteiger partial charge in [0.05, 0.1) is 16.8 Å². The number of anilines is 3. The molecule has 0 saturated heterocycles. The maximum atomic E-state index is 13.3. The summed E-state index contributed by atoms with van der Waals surface area (Å²) in [6.07, 6.45) is -6.66. The molecule has 11 heteroatoms. The smallest absolute Gasteiger partial charge is 0.406 e. The molecule has 0 radical (unpaired) electrons. The Labute approximate surface area is 184 Å². The first-order valence-electron chi connectivity index (χ1n) is 9.40. The number of carbonyl (C=O) groups excluding carboxylic acids is 1. The zero-order chi connectivity index (χ0) is 24.4. The molecule has 2 aromatic carbocycles. The van der Waals surface area contributed by atoms with Crippen molar-refractivity contribution in [3.63, 3.8) is 0 Å². The molecule has 3 aromatic rings. The maximum absolute atomic E-state index is 13.3. The van der Waals surface area contributed by atoms with Crippen LogP contribution < -0.4 is 15.4 Å². The van der Waals surface area contributed by atoms with E-state index in [-0.39, 0.29) is 16.9 Å². The van der Waals surface area contributed by atoms with E-state index < -0.39 is 29.8 Å². The minimum absolute atomic E-state index is 0.0276. The lowest BCUT2D eigenvalue weighted by atomic mass is 10.1. The second-order valence-corrected chi connectivity index (χ2v) is 7.05. The third kappa shape index (κ3) is 6.15. The highest BCUT2D eigenvalue weighted by Crippen LogP contribution is 2.34. The Balaban J connectivity index is 1.96. The van der Waals surface area contributed by atoms with Crippen LogP contribution in [0.5, 0.6) is 5.75 Å². The molecule has 33 heavy (non-hydrogen) atoms. The molecular weight excluding hydrogens is 452 g/mol. The van der Waals surface area contributed by atoms with E-state index in [0.29, 0.717) is 22.9 Å². The largest absolute Gasteiger partial charge is 0.573 e. The third-order valence-electron chi connectivity index (χ3n) is 4.56. The average molecular weight is 469 g/mol. The van der Waals surface area contributed by atoms with Gasteiger partial charge in [0, 0.05) is 23.8 Å². The van der Waals surface area contributed by atoms with Crippen molar-refractivity contribution in [2.75, 3.05) is 10.6 Å². The molecule has 3 rings (SSSR count). The van der Waals surface area contributed by atoms with E-state index in [2.05, 4.69) is 20.4 Å². The van der Waals surface area contributed by atoms with Gasteiger partial charge in [0.2, 0.25) is 0 Å². The average Bonchev–Trinajstić information content (AvgIpc) is 2.70. The van der Waals surface area contributed by atoms with E-state index in [0.717, 1.165) is 24.3 Å². The molecule has 0 spiro atoms. The van der Waals surface area contributed by atoms with Crippen LogP contribution in [0.3, 0.4) is 0 Å². The summed E-state index contributed by atoms with van der Waals surface area (Å²) in [6.45, 7) is 3.15. The van der Waals surface area contributed by atoms with Crippen molar-refractivity contribution in [2.24, 2.45) is 0 Å². The number of halogens is 6. The van der Waals surface area contributed by atoms with Gasteiger partial charge in [-0.3, -0.25) is 9.78 Å². The molecule has 0 aliphatic carbocycles. The van der Waals surface area contributed by atoms with Crippen LogP contribution in [-0.2, 0) is 6.18 Å². The Bertz CT molecular complexity index is 1180. The highest BCUT2D eigenvalue weighted by Gasteiger charge is 2.32. The van der Waals surface area contributed by atoms with Crippen molar-refractivity contribution < 1.29 is 35.9 Å². The lowest BCUT2D eigenvalue weighted by Gasteiger charge is -2.17. The monoisotopic (exact) mass is 469 g/mol. The topological polar surface area (TPSA) is 63.2 Å². The van der Waals surface area contributed by atoms with E-state index in [1.165, 1.54) is 31.5 Å². The van der Waals surface area contributed by atoms with E-state index >= 15 is 0 Å². The van der Waals surface area contributed by atoms with Crippen molar-refractivity contribution in [1.29, 1.82) is 0 Å². The fourth-order valence-electron chi connectivity index (χ4n) is 2.94. The lowest BCUT2D eigenvalue weighted by Crippen LogP contribution is -2.17. The van der Waals surface area contributed by atoms with Crippen molar-refractivity contribution in [1.82, 2.24) is 4.98 Å². The fraction of sp³-hybridized carbons (Fsp3) is 0.182. The van der Waals surface area contributed by atoms with E-state index in [1.54, 1.807) is 6.92 Å². The summed E-state index contributed by atoms with van der Waals surface area (Å²) in [4.78, 5) is 16.8. The summed E-state index contributed by atoms with van der Waals surface area (Å²) in [5, 5.41) is 5.36. The van der Waals surface area contributed by atoms with Crippen molar-refractivity contribution in [3.8, 4) is 5.75 Å². The number of rotatable bonds is 5. The van der Waals surface area contributed by atoms with E-state index in [1.807, 2.05) is 0 Å². The van der Waals surface area contributed by atoms with Gasteiger partial charge in [0.1, 0.15) is 5.75 Å². The van der Waals surface area contributed by atoms with Gasteiger partial charge < -0.3 is 15.4 Å². The summed E-state index contributed by atoms with van der Waals surface area (Å²) in [7, 11) is 0. The van der Waals surface area contributed by atoms with Gasteiger partial charge in [-0.1, -0.05) is 0 Å². The van der Waals surface area contributed by atoms with Gasteiger partial charge in [-0.2, -0.15) is 13.2 Å². The summed E-state index contributed by atoms with van der Waals surface area (Å²) in [5.41, 5.74) is 0.240. The number of nitrogens with zero attached hydrogens (tertiary/aromatic N) is 1. The van der Waals surface area contributed by atoms with Gasteiger partial charge >= 0.3 is 12.5 Å². The van der Waals surface area contributed by atoms with Crippen LogP contribution in [0.1, 0.15) is 27.0 Å². The molecular formula is C22H17F6N3O2. The van der Waals surface area contributed by atoms with Crippen LogP contribution in [-0.4, -0.2) is 17.3 Å². The minimum Gasteiger partial charge on any atom is -0.406 e. The standard InChI is InChI=1S/C22H17F6N3O2/c1-12-9-15(33-22(26,27)28)4-6-17(12)30-19-5-3-14(21(23,24)25)10-16(19)20(32)31-18-7-8-29-11-13(18)2/h3-11,30H,1-2H3,(H,29,31,32). The number of hydrogen-bond acceptors (Lipinski definition) is 4. The molecule has 0 saturated carbocycles. The van der Waals surface area contributed by atoms with Crippen LogP contribution in [0.25, 0.3) is 0 Å². The highest BCUT2D eigenvalue weighted by molar-refractivity contribution is 6.09. The number of aromatic nitrogens is 1. The molecule has 0 aliphatic rings. The zero-order valence-electron chi connectivity index (χ0n) is 17.2. The number of nitrogens with one attached hydrogen (secondary N) is 2. The summed E-state index contributed by atoms with van der Waals surface area (Å²) >= 11 is 0. The van der Waals surface area contributed by atoms with Crippen LogP contribution in [0.2, 0.25) is 0 Å². The second-order valence-electron chi connectivity index (χ2n) is 7.05. The molecule has 0 unspecified atom stereocenters. The summed E-state index contributed by atoms with van der Waals surface area (Å²) in [6, 6.07) is 7.50. The normalized spacial score (nSPS) is 11.8. The molecule has 5 nitrogen and oxygen atoms in total. The van der Waals surface area contributed by atoms with Crippen LogP contribution >= 0.6 is 0 Å². The molecule has 0 aliphatic heterocycles. The Kier molecular flexibility index (Phi) is 6.52. The van der Waals surface area contributed by atoms with Crippen molar-refractivity contribution in [3.05, 3.63) is 77.1 Å². The molecule has 0 atom stereocenters. The number of aryl methyl sites for hydroxylation is 2. The Hall–Kier alpha value is -3.76. The second kappa shape index (κ2) is 9.00. The Morgan fingerprint density at radius 2 is 1.58 bits per heavy atom. The van der Waals surface area contributed by atoms with Crippen LogP contribution in [0, 0.1) is 13.8 Å². The van der Waals surface area contributed by atoms with Gasteiger partial charge in [0.15, 0.2) is 0 Å². The number of pyridine rings is 1. The number of alkyl halides is 6. The molecule has 2 N–H and O–H groups in total. The molecule has 0 bridgehead atoms. The quantitative estimate of drug-likeness (QED) is 0.413. The number of amides is 1. The van der Waals surface area contributed by atoms with Crippen LogP contribution in [0.15, 0.2) is 54.9 Å². The van der Waals surface area contributed by atoms with Gasteiger partial charge in [0.25, 0.3) is 5.91 Å². The number of carbonyl (C=O) groups is 1. The number of hydrogen-bond donors (Lipinski definition) is 2. The van der Waals surface area contributed by atoms with Crippen LogP contribution in [0.4, 0.5) is 43.4 Å². The first-order valence-corrected chi connectivity index (χ1v) is 9.40. The first kappa shape index (κ1) is 23.9. The molecule has 1 aromatic heterocycles. The lowest BCUT2D eigenvalue weighted by molar-refractivity contribution is -0.274. The minimum atomic E-state index is -4.87. The van der Waals surface area contributed by atoms with E-state index in [4.69, 9.17) is 0 Å². The summed E-state index contributed by atoms with van der Waals surface area (Å²) < 4.78 is 80.9. The SMILES string of the molecule is Cc1cnccc1NC(=O)c1cc(C(F)(F)F)ccc1Nc1ccc(OC(F)(F)F)cc1C. The number of benzene rings is 2. The van der Waals surface area contributed by atoms with Gasteiger partial charge in [-0.25, -0.2) is 0 Å². The molecule has 0 fully saturated rings. The predicted octanol–water partition coefficient (Wildman–Crippen LogP) is 6.61. The maximum Gasteiger partial charge on any atom is 0.573 e. The van der Waals surface area contributed by atoms with Crippen molar-refractivity contribution in [2.45, 2.75) is 26.4 Å². The van der Waals surface area contributed by atoms with Crippen molar-refractivity contribution >= 4 is 23.0 Å². The first-order chi connectivity index (χ1) is 15.3. The summed E-state index contributed by atoms with van der Waals surface area (Å²) in [5.74, 6) is -1.27. The third-order valence-corrected chi connectivity index (χ3v) is 4.56. The number of ether oxygens (including phenoxy) is 1. The fourth-order valence-corrected chi connectivity index (χ4v) is 2.94. The predicted molar refractivity (Wildman–Crippen MR) is 110 cm³/mol. The molecule has 1 heterocycles.